The zero-order chi connectivity index (χ0) is 15.0. The Hall–Kier alpha value is -1.47. The van der Waals surface area contributed by atoms with Crippen molar-refractivity contribution < 1.29 is 4.79 Å². The molecule has 0 saturated heterocycles. The minimum Gasteiger partial charge on any atom is -0.298 e. The molecule has 0 fully saturated rings. The van der Waals surface area contributed by atoms with E-state index in [0.29, 0.717) is 10.7 Å². The number of carbonyl (C=O) groups is 1. The third-order valence-corrected chi connectivity index (χ3v) is 5.03. The summed E-state index contributed by atoms with van der Waals surface area (Å²) in [5, 5.41) is 3.54. The molecule has 0 unspecified atom stereocenters. The van der Waals surface area contributed by atoms with E-state index in [9.17, 15) is 4.79 Å². The number of nitrogens with one attached hydrogen (secondary N) is 1. The smallest absolute Gasteiger partial charge is 0.257 e. The summed E-state index contributed by atoms with van der Waals surface area (Å²) in [6, 6.07) is 11.6. The molecule has 0 aliphatic heterocycles. The Kier molecular flexibility index (Phi) is 3.95. The largest absolute Gasteiger partial charge is 0.298 e. The summed E-state index contributed by atoms with van der Waals surface area (Å²) in [5.41, 5.74) is 3.93. The second kappa shape index (κ2) is 5.73. The molecule has 1 amide bonds. The standard InChI is InChI=1S/C16H13IN2OS/c1-9-6-7-10(2)14-13(9)18-16(21-14)19-15(20)11-4-3-5-12(17)8-11/h3-8H,1-2H3,(H,18,19,20). The fraction of sp³-hybridized carbons (Fsp3) is 0.125. The Morgan fingerprint density at radius 2 is 1.95 bits per heavy atom. The SMILES string of the molecule is Cc1ccc(C)c2sc(NC(=O)c3cccc(I)c3)nc12. The monoisotopic (exact) mass is 408 g/mol. The molecule has 21 heavy (non-hydrogen) atoms. The predicted molar refractivity (Wildman–Crippen MR) is 96.2 cm³/mol. The molecule has 0 aliphatic carbocycles. The van der Waals surface area contributed by atoms with Gasteiger partial charge in [0.1, 0.15) is 0 Å². The maximum absolute atomic E-state index is 12.3. The first-order valence-electron chi connectivity index (χ1n) is 6.48. The molecule has 106 valence electrons. The van der Waals surface area contributed by atoms with Crippen LogP contribution in [0.1, 0.15) is 21.5 Å². The van der Waals surface area contributed by atoms with Crippen LogP contribution in [0.3, 0.4) is 0 Å². The van der Waals surface area contributed by atoms with Crippen LogP contribution in [-0.2, 0) is 0 Å². The van der Waals surface area contributed by atoms with E-state index < -0.39 is 0 Å². The molecule has 2 aromatic carbocycles. The Morgan fingerprint density at radius 1 is 1.19 bits per heavy atom. The number of benzene rings is 2. The average Bonchev–Trinajstić information content (AvgIpc) is 2.88. The number of fused-ring (bicyclic) bond motifs is 1. The number of halogens is 1. The van der Waals surface area contributed by atoms with Crippen LogP contribution in [-0.4, -0.2) is 10.9 Å². The van der Waals surface area contributed by atoms with Gasteiger partial charge in [-0.3, -0.25) is 10.1 Å². The minimum absolute atomic E-state index is 0.122. The average molecular weight is 408 g/mol. The summed E-state index contributed by atoms with van der Waals surface area (Å²) in [6.07, 6.45) is 0. The Labute approximate surface area is 140 Å². The lowest BCUT2D eigenvalue weighted by atomic mass is 10.1. The van der Waals surface area contributed by atoms with E-state index in [-0.39, 0.29) is 5.91 Å². The molecule has 0 spiro atoms. The molecular formula is C16H13IN2OS. The van der Waals surface area contributed by atoms with Crippen LogP contribution >= 0.6 is 33.9 Å². The first-order valence-corrected chi connectivity index (χ1v) is 8.38. The number of carbonyl (C=O) groups excluding carboxylic acids is 1. The molecule has 0 bridgehead atoms. The highest BCUT2D eigenvalue weighted by Crippen LogP contribution is 2.31. The van der Waals surface area contributed by atoms with E-state index in [1.54, 1.807) is 6.07 Å². The van der Waals surface area contributed by atoms with Crippen LogP contribution in [0.25, 0.3) is 10.2 Å². The van der Waals surface area contributed by atoms with Gasteiger partial charge in [-0.2, -0.15) is 0 Å². The van der Waals surface area contributed by atoms with Gasteiger partial charge in [-0.1, -0.05) is 29.5 Å². The third kappa shape index (κ3) is 2.94. The number of amides is 1. The molecule has 5 heteroatoms. The molecule has 1 heterocycles. The van der Waals surface area contributed by atoms with E-state index in [4.69, 9.17) is 0 Å². The van der Waals surface area contributed by atoms with Crippen molar-refractivity contribution in [2.75, 3.05) is 5.32 Å². The van der Waals surface area contributed by atoms with Crippen LogP contribution in [0.4, 0.5) is 5.13 Å². The van der Waals surface area contributed by atoms with Crippen LogP contribution in [0.15, 0.2) is 36.4 Å². The van der Waals surface area contributed by atoms with Gasteiger partial charge in [0.05, 0.1) is 10.2 Å². The van der Waals surface area contributed by atoms with E-state index in [1.807, 2.05) is 25.1 Å². The number of anilines is 1. The number of rotatable bonds is 2. The fourth-order valence-electron chi connectivity index (χ4n) is 2.11. The highest BCUT2D eigenvalue weighted by molar-refractivity contribution is 14.1. The molecule has 3 rings (SSSR count). The second-order valence-corrected chi connectivity index (χ2v) is 7.11. The van der Waals surface area contributed by atoms with Gasteiger partial charge in [-0.15, -0.1) is 0 Å². The van der Waals surface area contributed by atoms with Gasteiger partial charge in [0, 0.05) is 9.13 Å². The maximum atomic E-state index is 12.3. The number of thiazole rings is 1. The molecule has 3 aromatic rings. The van der Waals surface area contributed by atoms with Gasteiger partial charge >= 0.3 is 0 Å². The molecular weight excluding hydrogens is 395 g/mol. The van der Waals surface area contributed by atoms with E-state index in [1.165, 1.54) is 16.9 Å². The highest BCUT2D eigenvalue weighted by atomic mass is 127. The van der Waals surface area contributed by atoms with Crippen molar-refractivity contribution in [3.8, 4) is 0 Å². The zero-order valence-electron chi connectivity index (χ0n) is 11.6. The van der Waals surface area contributed by atoms with Crippen LogP contribution in [0.5, 0.6) is 0 Å². The zero-order valence-corrected chi connectivity index (χ0v) is 14.6. The second-order valence-electron chi connectivity index (χ2n) is 4.86. The molecule has 3 nitrogen and oxygen atoms in total. The normalized spacial score (nSPS) is 10.8. The van der Waals surface area contributed by atoms with Crippen molar-refractivity contribution in [3.05, 3.63) is 56.7 Å². The lowest BCUT2D eigenvalue weighted by Crippen LogP contribution is -2.11. The lowest BCUT2D eigenvalue weighted by Gasteiger charge is -2.01. The maximum Gasteiger partial charge on any atom is 0.257 e. The van der Waals surface area contributed by atoms with Crippen LogP contribution in [0.2, 0.25) is 0 Å². The summed E-state index contributed by atoms with van der Waals surface area (Å²) in [7, 11) is 0. The van der Waals surface area contributed by atoms with Crippen molar-refractivity contribution in [3.63, 3.8) is 0 Å². The molecule has 0 radical (unpaired) electrons. The summed E-state index contributed by atoms with van der Waals surface area (Å²) in [4.78, 5) is 16.8. The predicted octanol–water partition coefficient (Wildman–Crippen LogP) is 4.77. The fourth-order valence-corrected chi connectivity index (χ4v) is 3.66. The van der Waals surface area contributed by atoms with Crippen molar-refractivity contribution in [2.24, 2.45) is 0 Å². The van der Waals surface area contributed by atoms with Gasteiger partial charge < -0.3 is 0 Å². The van der Waals surface area contributed by atoms with E-state index in [0.717, 1.165) is 19.4 Å². The van der Waals surface area contributed by atoms with Gasteiger partial charge in [0.2, 0.25) is 0 Å². The van der Waals surface area contributed by atoms with Crippen LogP contribution < -0.4 is 5.32 Å². The number of hydrogen-bond acceptors (Lipinski definition) is 3. The Balaban J connectivity index is 1.93. The lowest BCUT2D eigenvalue weighted by molar-refractivity contribution is 0.102. The van der Waals surface area contributed by atoms with E-state index in [2.05, 4.69) is 51.9 Å². The topological polar surface area (TPSA) is 42.0 Å². The van der Waals surface area contributed by atoms with Gasteiger partial charge in [-0.05, 0) is 65.8 Å². The number of nitrogens with zero attached hydrogens (tertiary/aromatic N) is 1. The van der Waals surface area contributed by atoms with Crippen molar-refractivity contribution >= 4 is 55.2 Å². The first kappa shape index (κ1) is 14.5. The van der Waals surface area contributed by atoms with Gasteiger partial charge in [0.15, 0.2) is 5.13 Å². The molecule has 0 atom stereocenters. The molecule has 1 N–H and O–H groups in total. The van der Waals surface area contributed by atoms with Gasteiger partial charge in [0.25, 0.3) is 5.91 Å². The Morgan fingerprint density at radius 3 is 2.67 bits per heavy atom. The van der Waals surface area contributed by atoms with Crippen LogP contribution in [0, 0.1) is 17.4 Å². The molecule has 1 aromatic heterocycles. The molecule has 0 aliphatic rings. The van der Waals surface area contributed by atoms with Crippen molar-refractivity contribution in [2.45, 2.75) is 13.8 Å². The van der Waals surface area contributed by atoms with E-state index >= 15 is 0 Å². The quantitative estimate of drug-likeness (QED) is 0.621. The summed E-state index contributed by atoms with van der Waals surface area (Å²) in [6.45, 7) is 4.10. The summed E-state index contributed by atoms with van der Waals surface area (Å²) in [5.74, 6) is -0.122. The van der Waals surface area contributed by atoms with Crippen molar-refractivity contribution in [1.29, 1.82) is 0 Å². The molecule has 0 saturated carbocycles. The van der Waals surface area contributed by atoms with Gasteiger partial charge in [-0.25, -0.2) is 4.98 Å². The Bertz CT molecular complexity index is 802. The number of aromatic nitrogens is 1. The first-order chi connectivity index (χ1) is 10.0. The number of hydrogen-bond donors (Lipinski definition) is 1. The summed E-state index contributed by atoms with van der Waals surface area (Å²) >= 11 is 3.72. The highest BCUT2D eigenvalue weighted by Gasteiger charge is 2.12. The third-order valence-electron chi connectivity index (χ3n) is 3.25. The summed E-state index contributed by atoms with van der Waals surface area (Å²) < 4.78 is 2.17. The number of aryl methyl sites for hydroxylation is 2. The minimum atomic E-state index is -0.122. The van der Waals surface area contributed by atoms with Crippen molar-refractivity contribution in [1.82, 2.24) is 4.98 Å².